The molecule has 0 fully saturated rings. The van der Waals surface area contributed by atoms with E-state index in [1.807, 2.05) is 36.9 Å². The van der Waals surface area contributed by atoms with Gasteiger partial charge in [-0.3, -0.25) is 9.97 Å². The maximum absolute atomic E-state index is 4.36. The van der Waals surface area contributed by atoms with Gasteiger partial charge in [0.25, 0.3) is 0 Å². The molecule has 0 spiro atoms. The average Bonchev–Trinajstić information content (AvgIpc) is 2.74. The van der Waals surface area contributed by atoms with E-state index in [9.17, 15) is 0 Å². The number of benzene rings is 2. The van der Waals surface area contributed by atoms with Gasteiger partial charge < -0.3 is 0 Å². The van der Waals surface area contributed by atoms with Gasteiger partial charge in [0.2, 0.25) is 0 Å². The highest BCUT2D eigenvalue weighted by molar-refractivity contribution is 5.69. The molecule has 0 radical (unpaired) electrons. The second kappa shape index (κ2) is 7.75. The fourth-order valence-corrected chi connectivity index (χ4v) is 3.43. The molecule has 4 rings (SSSR count). The second-order valence-electron chi connectivity index (χ2n) is 6.36. The van der Waals surface area contributed by atoms with Gasteiger partial charge in [-0.1, -0.05) is 66.7 Å². The first-order chi connectivity index (χ1) is 12.9. The van der Waals surface area contributed by atoms with Gasteiger partial charge >= 0.3 is 0 Å². The molecule has 4 aromatic rings. The number of rotatable bonds is 5. The lowest BCUT2D eigenvalue weighted by Gasteiger charge is -2.21. The van der Waals surface area contributed by atoms with Crippen LogP contribution in [0.5, 0.6) is 0 Å². The van der Waals surface area contributed by atoms with E-state index in [2.05, 4.69) is 76.7 Å². The van der Waals surface area contributed by atoms with Crippen LogP contribution in [0.2, 0.25) is 0 Å². The molecule has 1 atom stereocenters. The Morgan fingerprint density at radius 1 is 0.654 bits per heavy atom. The van der Waals surface area contributed by atoms with Gasteiger partial charge in [-0.05, 0) is 46.4 Å². The molecule has 2 nitrogen and oxygen atoms in total. The van der Waals surface area contributed by atoms with E-state index in [0.717, 1.165) is 6.42 Å². The lowest BCUT2D eigenvalue weighted by Crippen LogP contribution is -2.07. The Kier molecular flexibility index (Phi) is 4.83. The first-order valence-corrected chi connectivity index (χ1v) is 8.85. The molecule has 0 bridgehead atoms. The molecule has 2 heteroatoms. The van der Waals surface area contributed by atoms with Crippen molar-refractivity contribution in [1.82, 2.24) is 9.97 Å². The van der Waals surface area contributed by atoms with Gasteiger partial charge in [0.15, 0.2) is 0 Å². The van der Waals surface area contributed by atoms with E-state index in [0.29, 0.717) is 0 Å². The van der Waals surface area contributed by atoms with Crippen molar-refractivity contribution in [3.05, 3.63) is 120 Å². The normalized spacial score (nSPS) is 11.8. The van der Waals surface area contributed by atoms with Crippen LogP contribution in [0.15, 0.2) is 104 Å². The standard InChI is InChI=1S/C24H20N2/c1-2-9-20(10-3-1)22-12-4-5-13-23(22)24(21-11-7-15-26-18-21)16-19-8-6-14-25-17-19/h1-15,17-18,24H,16H2. The third-order valence-corrected chi connectivity index (χ3v) is 4.67. The third-order valence-electron chi connectivity index (χ3n) is 4.67. The van der Waals surface area contributed by atoms with Gasteiger partial charge in [-0.15, -0.1) is 0 Å². The highest BCUT2D eigenvalue weighted by Gasteiger charge is 2.19. The van der Waals surface area contributed by atoms with Gasteiger partial charge in [0.05, 0.1) is 0 Å². The van der Waals surface area contributed by atoms with Crippen molar-refractivity contribution in [3.8, 4) is 11.1 Å². The van der Waals surface area contributed by atoms with Crippen LogP contribution >= 0.6 is 0 Å². The molecule has 0 aliphatic rings. The monoisotopic (exact) mass is 336 g/mol. The molecule has 26 heavy (non-hydrogen) atoms. The molecule has 2 heterocycles. The van der Waals surface area contributed by atoms with Gasteiger partial charge in [0, 0.05) is 30.7 Å². The molecule has 0 aliphatic heterocycles. The van der Waals surface area contributed by atoms with Crippen LogP contribution in [0, 0.1) is 0 Å². The maximum atomic E-state index is 4.36. The van der Waals surface area contributed by atoms with Crippen molar-refractivity contribution < 1.29 is 0 Å². The predicted octanol–water partition coefficient (Wildman–Crippen LogP) is 5.52. The summed E-state index contributed by atoms with van der Waals surface area (Å²) in [5.41, 5.74) is 6.27. The molecule has 1 unspecified atom stereocenters. The molecule has 0 N–H and O–H groups in total. The topological polar surface area (TPSA) is 25.8 Å². The third kappa shape index (κ3) is 3.55. The molecule has 2 aromatic carbocycles. The highest BCUT2D eigenvalue weighted by atomic mass is 14.6. The number of nitrogens with zero attached hydrogens (tertiary/aromatic N) is 2. The van der Waals surface area contributed by atoms with Gasteiger partial charge in [-0.25, -0.2) is 0 Å². The average molecular weight is 336 g/mol. The van der Waals surface area contributed by atoms with Crippen LogP contribution in [-0.4, -0.2) is 9.97 Å². The Bertz CT molecular complexity index is 951. The Morgan fingerprint density at radius 3 is 2.12 bits per heavy atom. The summed E-state index contributed by atoms with van der Waals surface area (Å²) in [6, 6.07) is 27.6. The van der Waals surface area contributed by atoms with Crippen molar-refractivity contribution in [1.29, 1.82) is 0 Å². The number of hydrogen-bond acceptors (Lipinski definition) is 2. The summed E-state index contributed by atoms with van der Waals surface area (Å²) >= 11 is 0. The van der Waals surface area contributed by atoms with Crippen molar-refractivity contribution in [2.75, 3.05) is 0 Å². The van der Waals surface area contributed by atoms with Crippen LogP contribution in [0.1, 0.15) is 22.6 Å². The van der Waals surface area contributed by atoms with E-state index < -0.39 is 0 Å². The minimum Gasteiger partial charge on any atom is -0.264 e. The Labute approximate surface area is 154 Å². The minimum atomic E-state index is 0.226. The quantitative estimate of drug-likeness (QED) is 0.480. The van der Waals surface area contributed by atoms with E-state index >= 15 is 0 Å². The molecule has 0 saturated carbocycles. The first kappa shape index (κ1) is 16.2. The van der Waals surface area contributed by atoms with Crippen LogP contribution < -0.4 is 0 Å². The Morgan fingerprint density at radius 2 is 1.38 bits per heavy atom. The highest BCUT2D eigenvalue weighted by Crippen LogP contribution is 2.35. The summed E-state index contributed by atoms with van der Waals surface area (Å²) in [5, 5.41) is 0. The summed E-state index contributed by atoms with van der Waals surface area (Å²) in [6.45, 7) is 0. The van der Waals surface area contributed by atoms with E-state index in [4.69, 9.17) is 0 Å². The van der Waals surface area contributed by atoms with Crippen LogP contribution in [0.4, 0.5) is 0 Å². The fraction of sp³-hybridized carbons (Fsp3) is 0.0833. The zero-order chi connectivity index (χ0) is 17.6. The summed E-state index contributed by atoms with van der Waals surface area (Å²) < 4.78 is 0. The molecule has 0 amide bonds. The molecule has 126 valence electrons. The maximum Gasteiger partial charge on any atom is 0.0306 e. The van der Waals surface area contributed by atoms with Gasteiger partial charge in [0.1, 0.15) is 0 Å². The van der Waals surface area contributed by atoms with Gasteiger partial charge in [-0.2, -0.15) is 0 Å². The zero-order valence-electron chi connectivity index (χ0n) is 14.5. The minimum absolute atomic E-state index is 0.226. The lowest BCUT2D eigenvalue weighted by atomic mass is 9.83. The number of pyridine rings is 2. The van der Waals surface area contributed by atoms with Crippen molar-refractivity contribution in [3.63, 3.8) is 0 Å². The predicted molar refractivity (Wildman–Crippen MR) is 106 cm³/mol. The van der Waals surface area contributed by atoms with E-state index in [1.54, 1.807) is 0 Å². The van der Waals surface area contributed by atoms with Crippen molar-refractivity contribution in [2.45, 2.75) is 12.3 Å². The first-order valence-electron chi connectivity index (χ1n) is 8.85. The second-order valence-corrected chi connectivity index (χ2v) is 6.36. The smallest absolute Gasteiger partial charge is 0.0306 e. The summed E-state index contributed by atoms with van der Waals surface area (Å²) in [7, 11) is 0. The molecule has 0 aliphatic carbocycles. The summed E-state index contributed by atoms with van der Waals surface area (Å²) in [4.78, 5) is 8.65. The number of aromatic nitrogens is 2. The van der Waals surface area contributed by atoms with Crippen LogP contribution in [0.25, 0.3) is 11.1 Å². The molecular weight excluding hydrogens is 316 g/mol. The molecular formula is C24H20N2. The Hall–Kier alpha value is -3.26. The van der Waals surface area contributed by atoms with Crippen LogP contribution in [-0.2, 0) is 6.42 Å². The van der Waals surface area contributed by atoms with E-state index in [1.165, 1.54) is 27.8 Å². The summed E-state index contributed by atoms with van der Waals surface area (Å²) in [5.74, 6) is 0.226. The molecule has 0 saturated heterocycles. The fourth-order valence-electron chi connectivity index (χ4n) is 3.43. The van der Waals surface area contributed by atoms with Crippen LogP contribution in [0.3, 0.4) is 0 Å². The van der Waals surface area contributed by atoms with E-state index in [-0.39, 0.29) is 5.92 Å². The summed E-state index contributed by atoms with van der Waals surface area (Å²) in [6.07, 6.45) is 8.47. The molecule has 2 aromatic heterocycles. The van der Waals surface area contributed by atoms with Crippen molar-refractivity contribution in [2.24, 2.45) is 0 Å². The zero-order valence-corrected chi connectivity index (χ0v) is 14.5. The Balaban J connectivity index is 1.82. The SMILES string of the molecule is c1ccc(-c2ccccc2C(Cc2cccnc2)c2cccnc2)cc1. The lowest BCUT2D eigenvalue weighted by molar-refractivity contribution is 0.798. The largest absolute Gasteiger partial charge is 0.264 e. The number of hydrogen-bond donors (Lipinski definition) is 0. The van der Waals surface area contributed by atoms with Crippen molar-refractivity contribution >= 4 is 0 Å².